The zero-order chi connectivity index (χ0) is 28.3. The number of allylic oxidation sites excluding steroid dienone is 2. The Labute approximate surface area is 220 Å². The summed E-state index contributed by atoms with van der Waals surface area (Å²) in [6, 6.07) is 4.85. The number of aromatic nitrogens is 2. The summed E-state index contributed by atoms with van der Waals surface area (Å²) in [7, 11) is 1.43. The maximum Gasteiger partial charge on any atom is 0.328 e. The molecule has 1 aromatic carbocycles. The van der Waals surface area contributed by atoms with Crippen molar-refractivity contribution >= 4 is 11.6 Å². The van der Waals surface area contributed by atoms with Gasteiger partial charge in [-0.05, 0) is 60.3 Å². The van der Waals surface area contributed by atoms with Crippen molar-refractivity contribution in [1.29, 1.82) is 0 Å². The molecule has 0 saturated heterocycles. The van der Waals surface area contributed by atoms with Gasteiger partial charge in [0.25, 0.3) is 5.56 Å². The van der Waals surface area contributed by atoms with Crippen molar-refractivity contribution in [2.24, 2.45) is 27.0 Å². The molecule has 8 nitrogen and oxygen atoms in total. The van der Waals surface area contributed by atoms with Gasteiger partial charge in [0.2, 0.25) is 5.91 Å². The fraction of sp³-hybridized carbons (Fsp3) is 0.464. The van der Waals surface area contributed by atoms with Crippen LogP contribution in [0.15, 0.2) is 68.5 Å². The van der Waals surface area contributed by atoms with E-state index >= 15 is 0 Å². The number of H-pyrrole nitrogens is 1. The third-order valence-corrected chi connectivity index (χ3v) is 8.08. The first kappa shape index (κ1) is 28.9. The number of likely N-dealkylation sites (N-methyl/N-ethyl adjacent to an activating group) is 1. The van der Waals surface area contributed by atoms with E-state index in [1.165, 1.54) is 42.1 Å². The Kier molecular flexibility index (Phi) is 8.64. The quantitative estimate of drug-likeness (QED) is 0.375. The summed E-state index contributed by atoms with van der Waals surface area (Å²) in [6.07, 6.45) is 4.46. The highest BCUT2D eigenvalue weighted by molar-refractivity contribution is 5.76. The number of carbonyl (C=O) groups excluding carboxylic acids is 1. The molecule has 10 heteroatoms. The Morgan fingerprint density at radius 2 is 1.89 bits per heavy atom. The molecular weight excluding hydrogens is 492 g/mol. The molecule has 0 unspecified atom stereocenters. The maximum atomic E-state index is 14.5. The second-order valence-electron chi connectivity index (χ2n) is 10.5. The van der Waals surface area contributed by atoms with Crippen molar-refractivity contribution in [2.75, 3.05) is 20.1 Å². The van der Waals surface area contributed by atoms with Crippen molar-refractivity contribution in [3.8, 4) is 0 Å². The summed E-state index contributed by atoms with van der Waals surface area (Å²) in [5.74, 6) is -1.74. The van der Waals surface area contributed by atoms with Crippen LogP contribution in [0, 0.1) is 28.4 Å². The molecule has 1 aliphatic carbocycles. The highest BCUT2D eigenvalue weighted by atomic mass is 19.1. The first-order valence-electron chi connectivity index (χ1n) is 12.6. The SMILES string of the molecule is C=C(/C=C(\N=NC)c1c(F)cccc1F)[C@@H]1CC[C@@](C)(CN(CC)C(=O)Cn2ccc(=O)[nH]c2=O)C1(C)C. The minimum absolute atomic E-state index is 0.0417. The van der Waals surface area contributed by atoms with Gasteiger partial charge in [0.15, 0.2) is 0 Å². The molecule has 204 valence electrons. The lowest BCUT2D eigenvalue weighted by Crippen LogP contribution is -2.47. The number of azo groups is 1. The topological polar surface area (TPSA) is 99.9 Å². The average Bonchev–Trinajstić information content (AvgIpc) is 3.07. The summed E-state index contributed by atoms with van der Waals surface area (Å²) < 4.78 is 30.2. The number of hydrogen-bond donors (Lipinski definition) is 1. The van der Waals surface area contributed by atoms with Gasteiger partial charge in [-0.1, -0.05) is 33.4 Å². The number of aromatic amines is 1. The van der Waals surface area contributed by atoms with E-state index in [1.54, 1.807) is 11.0 Å². The number of carbonyl (C=O) groups is 1. The molecule has 1 amide bonds. The van der Waals surface area contributed by atoms with Crippen LogP contribution in [0.2, 0.25) is 0 Å². The second kappa shape index (κ2) is 11.4. The standard InChI is InChI=1S/C28H35F2N5O3/c1-7-34(24(37)16-35-14-12-23(36)32-26(35)38)17-28(5)13-11-19(27(28,3)4)18(2)15-22(33-31-6)25-20(29)9-8-10-21(25)30/h8-10,12,14-15,19H,2,7,11,13,16-17H2,1,3-6H3,(H,32,36,38)/b22-15-,33-31?/t19-,28-/m0/s1. The number of amides is 1. The molecule has 2 aromatic rings. The summed E-state index contributed by atoms with van der Waals surface area (Å²) in [5, 5.41) is 7.74. The van der Waals surface area contributed by atoms with Gasteiger partial charge in [0, 0.05) is 32.4 Å². The third kappa shape index (κ3) is 5.74. The smallest absolute Gasteiger partial charge is 0.328 e. The van der Waals surface area contributed by atoms with Crippen LogP contribution in [0.3, 0.4) is 0 Å². The molecule has 1 N–H and O–H groups in total. The van der Waals surface area contributed by atoms with E-state index in [1.807, 2.05) is 6.92 Å². The predicted molar refractivity (Wildman–Crippen MR) is 142 cm³/mol. The predicted octanol–water partition coefficient (Wildman–Crippen LogP) is 4.79. The number of nitrogens with one attached hydrogen (secondary N) is 1. The molecule has 38 heavy (non-hydrogen) atoms. The molecular formula is C28H35F2N5O3. The van der Waals surface area contributed by atoms with E-state index in [-0.39, 0.29) is 40.5 Å². The van der Waals surface area contributed by atoms with Gasteiger partial charge in [0.05, 0.1) is 11.3 Å². The molecule has 2 atom stereocenters. The number of benzene rings is 1. The molecule has 0 aliphatic heterocycles. The van der Waals surface area contributed by atoms with E-state index in [0.717, 1.165) is 12.8 Å². The zero-order valence-electron chi connectivity index (χ0n) is 22.6. The van der Waals surface area contributed by atoms with Gasteiger partial charge in [-0.3, -0.25) is 19.1 Å². The number of rotatable bonds is 9. The lowest BCUT2D eigenvalue weighted by Gasteiger charge is -2.45. The monoisotopic (exact) mass is 527 g/mol. The van der Waals surface area contributed by atoms with Crippen LogP contribution in [-0.2, 0) is 11.3 Å². The van der Waals surface area contributed by atoms with E-state index in [4.69, 9.17) is 0 Å². The van der Waals surface area contributed by atoms with Gasteiger partial charge in [-0.15, -0.1) is 0 Å². The molecule has 1 aliphatic rings. The van der Waals surface area contributed by atoms with Gasteiger partial charge >= 0.3 is 5.69 Å². The van der Waals surface area contributed by atoms with Crippen molar-refractivity contribution < 1.29 is 13.6 Å². The van der Waals surface area contributed by atoms with Crippen LogP contribution in [0.1, 0.15) is 46.1 Å². The molecule has 1 aromatic heterocycles. The van der Waals surface area contributed by atoms with Crippen LogP contribution in [0.4, 0.5) is 8.78 Å². The van der Waals surface area contributed by atoms with Crippen LogP contribution in [0.5, 0.6) is 0 Å². The minimum atomic E-state index is -0.731. The molecule has 0 bridgehead atoms. The van der Waals surface area contributed by atoms with E-state index in [2.05, 4.69) is 42.6 Å². The van der Waals surface area contributed by atoms with E-state index in [9.17, 15) is 23.2 Å². The van der Waals surface area contributed by atoms with Crippen LogP contribution >= 0.6 is 0 Å². The van der Waals surface area contributed by atoms with Gasteiger partial charge in [-0.2, -0.15) is 10.2 Å². The van der Waals surface area contributed by atoms with E-state index in [0.29, 0.717) is 18.7 Å². The molecule has 0 radical (unpaired) electrons. The Hall–Kier alpha value is -3.69. The Morgan fingerprint density at radius 1 is 1.24 bits per heavy atom. The Balaban J connectivity index is 1.84. The molecule has 1 heterocycles. The summed E-state index contributed by atoms with van der Waals surface area (Å²) in [4.78, 5) is 40.4. The number of hydrogen-bond acceptors (Lipinski definition) is 5. The Morgan fingerprint density at radius 3 is 2.47 bits per heavy atom. The lowest BCUT2D eigenvalue weighted by atomic mass is 9.64. The van der Waals surface area contributed by atoms with Gasteiger partial charge < -0.3 is 4.90 Å². The Bertz CT molecular complexity index is 1370. The maximum absolute atomic E-state index is 14.5. The fourth-order valence-corrected chi connectivity index (χ4v) is 5.39. The molecule has 0 spiro atoms. The third-order valence-electron chi connectivity index (χ3n) is 8.08. The molecule has 1 saturated carbocycles. The highest BCUT2D eigenvalue weighted by Gasteiger charge is 2.52. The molecule has 3 rings (SSSR count). The second-order valence-corrected chi connectivity index (χ2v) is 10.5. The van der Waals surface area contributed by atoms with Crippen molar-refractivity contribution in [3.05, 3.63) is 86.7 Å². The lowest BCUT2D eigenvalue weighted by molar-refractivity contribution is -0.134. The zero-order valence-corrected chi connectivity index (χ0v) is 22.6. The molecule has 1 fully saturated rings. The first-order chi connectivity index (χ1) is 17.8. The van der Waals surface area contributed by atoms with Gasteiger partial charge in [-0.25, -0.2) is 13.6 Å². The normalized spacial score (nSPS) is 21.1. The van der Waals surface area contributed by atoms with Crippen molar-refractivity contribution in [1.82, 2.24) is 14.5 Å². The average molecular weight is 528 g/mol. The summed E-state index contributed by atoms with van der Waals surface area (Å²) in [6.45, 7) is 13.2. The van der Waals surface area contributed by atoms with Crippen LogP contribution in [-0.4, -0.2) is 40.5 Å². The van der Waals surface area contributed by atoms with Crippen molar-refractivity contribution in [3.63, 3.8) is 0 Å². The minimum Gasteiger partial charge on any atom is -0.341 e. The van der Waals surface area contributed by atoms with Gasteiger partial charge in [0.1, 0.15) is 18.2 Å². The highest BCUT2D eigenvalue weighted by Crippen LogP contribution is 2.58. The van der Waals surface area contributed by atoms with Crippen LogP contribution in [0.25, 0.3) is 5.70 Å². The van der Waals surface area contributed by atoms with Crippen LogP contribution < -0.4 is 11.2 Å². The fourth-order valence-electron chi connectivity index (χ4n) is 5.39. The first-order valence-corrected chi connectivity index (χ1v) is 12.6. The summed E-state index contributed by atoms with van der Waals surface area (Å²) in [5.41, 5.74) is -1.32. The largest absolute Gasteiger partial charge is 0.341 e. The van der Waals surface area contributed by atoms with E-state index < -0.39 is 22.9 Å². The summed E-state index contributed by atoms with van der Waals surface area (Å²) >= 11 is 0. The van der Waals surface area contributed by atoms with Crippen molar-refractivity contribution in [2.45, 2.75) is 47.1 Å². The number of nitrogens with zero attached hydrogens (tertiary/aromatic N) is 4. The number of halogens is 2.